The van der Waals surface area contributed by atoms with Crippen molar-refractivity contribution in [2.24, 2.45) is 0 Å². The van der Waals surface area contributed by atoms with Gasteiger partial charge < -0.3 is 5.11 Å². The van der Waals surface area contributed by atoms with Crippen molar-refractivity contribution in [3.05, 3.63) is 70.5 Å². The number of aromatic nitrogens is 3. The molecular weight excluding hydrogens is 342 g/mol. The molecule has 4 nitrogen and oxygen atoms in total. The number of hydrogen-bond acceptors (Lipinski definition) is 3. The van der Waals surface area contributed by atoms with Crippen molar-refractivity contribution in [3.63, 3.8) is 0 Å². The van der Waals surface area contributed by atoms with Crippen LogP contribution in [0.4, 0.5) is 0 Å². The molecule has 0 aliphatic heterocycles. The highest BCUT2D eigenvalue weighted by Gasteiger charge is 2.15. The Labute approximate surface area is 148 Å². The fourth-order valence-corrected chi connectivity index (χ4v) is 3.08. The van der Waals surface area contributed by atoms with Crippen molar-refractivity contribution < 1.29 is 5.11 Å². The Bertz CT molecular complexity index is 1100. The van der Waals surface area contributed by atoms with Crippen LogP contribution in [0.1, 0.15) is 0 Å². The maximum absolute atomic E-state index is 10.5. The van der Waals surface area contributed by atoms with Gasteiger partial charge in [-0.15, -0.1) is 0 Å². The lowest BCUT2D eigenvalue weighted by Crippen LogP contribution is -1.98. The minimum atomic E-state index is 0.151. The standard InChI is InChI=1S/C18H12ClN3OS/c19-13-5-7-14(8-6-13)22-17(20-21-18(22)24)15-9-11-3-1-2-4-12(11)10-16(15)23/h1-10,23H,(H,21,24). The van der Waals surface area contributed by atoms with Crippen molar-refractivity contribution in [3.8, 4) is 22.8 Å². The van der Waals surface area contributed by atoms with Crippen molar-refractivity contribution >= 4 is 34.6 Å². The van der Waals surface area contributed by atoms with Crippen LogP contribution in [0, 0.1) is 4.77 Å². The molecule has 0 radical (unpaired) electrons. The zero-order chi connectivity index (χ0) is 16.7. The number of hydrogen-bond donors (Lipinski definition) is 2. The molecule has 0 atom stereocenters. The topological polar surface area (TPSA) is 53.8 Å². The summed E-state index contributed by atoms with van der Waals surface area (Å²) in [5, 5.41) is 20.2. The number of aromatic amines is 1. The Morgan fingerprint density at radius 1 is 1.00 bits per heavy atom. The van der Waals surface area contributed by atoms with Gasteiger partial charge >= 0.3 is 0 Å². The lowest BCUT2D eigenvalue weighted by atomic mass is 10.1. The van der Waals surface area contributed by atoms with Crippen LogP contribution in [0.25, 0.3) is 27.8 Å². The molecule has 6 heteroatoms. The second-order valence-corrected chi connectivity index (χ2v) is 6.20. The minimum absolute atomic E-state index is 0.151. The molecule has 4 aromatic rings. The molecule has 24 heavy (non-hydrogen) atoms. The van der Waals surface area contributed by atoms with Gasteiger partial charge in [0.25, 0.3) is 0 Å². The molecule has 3 aromatic carbocycles. The third-order valence-electron chi connectivity index (χ3n) is 3.86. The predicted molar refractivity (Wildman–Crippen MR) is 98.4 cm³/mol. The highest BCUT2D eigenvalue weighted by Crippen LogP contribution is 2.33. The first kappa shape index (κ1) is 14.9. The number of nitrogens with zero attached hydrogens (tertiary/aromatic N) is 2. The zero-order valence-corrected chi connectivity index (χ0v) is 14.0. The van der Waals surface area contributed by atoms with Gasteiger partial charge in [0.2, 0.25) is 0 Å². The van der Waals surface area contributed by atoms with Gasteiger partial charge in [-0.05, 0) is 59.4 Å². The molecule has 4 rings (SSSR count). The summed E-state index contributed by atoms with van der Waals surface area (Å²) in [7, 11) is 0. The zero-order valence-electron chi connectivity index (χ0n) is 12.4. The van der Waals surface area contributed by atoms with Crippen molar-refractivity contribution in [2.75, 3.05) is 0 Å². The molecule has 118 valence electrons. The van der Waals surface area contributed by atoms with Gasteiger partial charge in [-0.25, -0.2) is 0 Å². The van der Waals surface area contributed by atoms with E-state index in [1.807, 2.05) is 42.5 Å². The molecule has 0 aliphatic rings. The summed E-state index contributed by atoms with van der Waals surface area (Å²) >= 11 is 11.3. The van der Waals surface area contributed by atoms with E-state index < -0.39 is 0 Å². The second-order valence-electron chi connectivity index (χ2n) is 5.38. The van der Waals surface area contributed by atoms with E-state index in [4.69, 9.17) is 23.8 Å². The van der Waals surface area contributed by atoms with Gasteiger partial charge in [-0.1, -0.05) is 35.9 Å². The average Bonchev–Trinajstić information content (AvgIpc) is 2.96. The summed E-state index contributed by atoms with van der Waals surface area (Å²) in [4.78, 5) is 0. The largest absolute Gasteiger partial charge is 0.507 e. The van der Waals surface area contributed by atoms with E-state index in [9.17, 15) is 5.11 Å². The Kier molecular flexibility index (Phi) is 3.59. The maximum atomic E-state index is 10.5. The molecule has 0 bridgehead atoms. The highest BCUT2D eigenvalue weighted by atomic mass is 35.5. The third kappa shape index (κ3) is 2.48. The van der Waals surface area contributed by atoms with Crippen molar-refractivity contribution in [1.82, 2.24) is 14.8 Å². The molecule has 1 aromatic heterocycles. The first-order chi connectivity index (χ1) is 11.6. The van der Waals surface area contributed by atoms with Gasteiger partial charge in [0.05, 0.1) is 11.3 Å². The third-order valence-corrected chi connectivity index (χ3v) is 4.39. The van der Waals surface area contributed by atoms with Crippen LogP contribution >= 0.6 is 23.8 Å². The SMILES string of the molecule is Oc1cc2ccccc2cc1-c1n[nH]c(=S)n1-c1ccc(Cl)cc1. The van der Waals surface area contributed by atoms with E-state index >= 15 is 0 Å². The minimum Gasteiger partial charge on any atom is -0.507 e. The molecule has 0 unspecified atom stereocenters. The Hall–Kier alpha value is -2.63. The number of phenols is 1. The summed E-state index contributed by atoms with van der Waals surface area (Å²) in [5.74, 6) is 0.698. The van der Waals surface area contributed by atoms with Gasteiger partial charge in [-0.2, -0.15) is 5.10 Å². The van der Waals surface area contributed by atoms with Gasteiger partial charge in [0.1, 0.15) is 5.75 Å². The van der Waals surface area contributed by atoms with Crippen molar-refractivity contribution in [1.29, 1.82) is 0 Å². The average molecular weight is 354 g/mol. The number of fused-ring (bicyclic) bond motifs is 1. The predicted octanol–water partition coefficient (Wildman–Crippen LogP) is 5.11. The molecule has 0 spiro atoms. The highest BCUT2D eigenvalue weighted by molar-refractivity contribution is 7.71. The molecule has 0 amide bonds. The first-order valence-corrected chi connectivity index (χ1v) is 8.07. The van der Waals surface area contributed by atoms with Crippen LogP contribution in [0.5, 0.6) is 5.75 Å². The molecule has 0 aliphatic carbocycles. The number of phenolic OH excluding ortho intramolecular Hbond substituents is 1. The van der Waals surface area contributed by atoms with E-state index in [1.54, 1.807) is 22.8 Å². The van der Waals surface area contributed by atoms with Crippen LogP contribution in [0.15, 0.2) is 60.7 Å². The van der Waals surface area contributed by atoms with Crippen LogP contribution in [0.3, 0.4) is 0 Å². The fraction of sp³-hybridized carbons (Fsp3) is 0. The number of aromatic hydroxyl groups is 1. The Morgan fingerprint density at radius 2 is 1.67 bits per heavy atom. The summed E-state index contributed by atoms with van der Waals surface area (Å²) in [6, 6.07) is 18.8. The molecule has 1 heterocycles. The van der Waals surface area contributed by atoms with Crippen LogP contribution in [-0.2, 0) is 0 Å². The fourth-order valence-electron chi connectivity index (χ4n) is 2.71. The second kappa shape index (κ2) is 5.78. The number of rotatable bonds is 2. The Balaban J connectivity index is 1.97. The maximum Gasteiger partial charge on any atom is 0.200 e. The van der Waals surface area contributed by atoms with Crippen LogP contribution in [-0.4, -0.2) is 19.9 Å². The van der Waals surface area contributed by atoms with Crippen LogP contribution < -0.4 is 0 Å². The lowest BCUT2D eigenvalue weighted by molar-refractivity contribution is 0.477. The molecular formula is C18H12ClN3OS. The van der Waals surface area contributed by atoms with Crippen molar-refractivity contribution in [2.45, 2.75) is 0 Å². The van der Waals surface area contributed by atoms with Crippen LogP contribution in [0.2, 0.25) is 5.02 Å². The molecule has 0 fully saturated rings. The van der Waals surface area contributed by atoms with E-state index in [2.05, 4.69) is 10.2 Å². The number of halogens is 1. The number of nitrogens with one attached hydrogen (secondary N) is 1. The summed E-state index contributed by atoms with van der Waals surface area (Å²) in [6.07, 6.45) is 0. The molecule has 0 saturated heterocycles. The van der Waals surface area contributed by atoms with E-state index in [-0.39, 0.29) is 5.75 Å². The summed E-state index contributed by atoms with van der Waals surface area (Å²) < 4.78 is 2.22. The summed E-state index contributed by atoms with van der Waals surface area (Å²) in [6.45, 7) is 0. The first-order valence-electron chi connectivity index (χ1n) is 7.29. The lowest BCUT2D eigenvalue weighted by Gasteiger charge is -2.10. The monoisotopic (exact) mass is 353 g/mol. The van der Waals surface area contributed by atoms with E-state index in [1.165, 1.54) is 0 Å². The number of H-pyrrole nitrogens is 1. The van der Waals surface area contributed by atoms with Gasteiger partial charge in [0.15, 0.2) is 10.6 Å². The summed E-state index contributed by atoms with van der Waals surface area (Å²) in [5.41, 5.74) is 1.43. The number of benzene rings is 3. The van der Waals surface area contributed by atoms with Gasteiger partial charge in [0, 0.05) is 5.02 Å². The quantitative estimate of drug-likeness (QED) is 0.492. The Morgan fingerprint density at radius 3 is 2.38 bits per heavy atom. The van der Waals surface area contributed by atoms with Gasteiger partial charge in [-0.3, -0.25) is 9.67 Å². The van der Waals surface area contributed by atoms with E-state index in [0.29, 0.717) is 21.2 Å². The molecule has 2 N–H and O–H groups in total. The normalized spacial score (nSPS) is 11.0. The van der Waals surface area contributed by atoms with E-state index in [0.717, 1.165) is 16.5 Å². The smallest absolute Gasteiger partial charge is 0.200 e. The molecule has 0 saturated carbocycles.